The van der Waals surface area contributed by atoms with Gasteiger partial charge in [-0.1, -0.05) is 33.1 Å². The largest absolute Gasteiger partial charge is 0.289 e. The van der Waals surface area contributed by atoms with Crippen LogP contribution >= 0.6 is 0 Å². The van der Waals surface area contributed by atoms with Crippen LogP contribution in [0.1, 0.15) is 46.0 Å². The molecule has 1 heterocycles. The van der Waals surface area contributed by atoms with Crippen LogP contribution in [-0.2, 0) is 0 Å². The molecule has 0 fully saturated rings. The van der Waals surface area contributed by atoms with Gasteiger partial charge in [0.05, 0.1) is 0 Å². The van der Waals surface area contributed by atoms with E-state index in [2.05, 4.69) is 29.9 Å². The zero-order valence-corrected chi connectivity index (χ0v) is 9.51. The number of nitrogens with one attached hydrogen (secondary N) is 2. The molecule has 0 radical (unpaired) electrons. The van der Waals surface area contributed by atoms with Crippen LogP contribution < -0.4 is 11.0 Å². The topological polar surface area (TPSA) is 39.7 Å². The van der Waals surface area contributed by atoms with Gasteiger partial charge in [0.1, 0.15) is 5.84 Å². The monoisotopic (exact) mass is 196 g/mol. The second-order valence-corrected chi connectivity index (χ2v) is 3.87. The molecule has 1 aliphatic heterocycles. The van der Waals surface area contributed by atoms with Crippen molar-refractivity contribution >= 4 is 13.8 Å². The van der Waals surface area contributed by atoms with Crippen molar-refractivity contribution in [2.24, 2.45) is 11.0 Å². The van der Waals surface area contributed by atoms with Crippen LogP contribution in [0.25, 0.3) is 0 Å². The van der Waals surface area contributed by atoms with Crippen molar-refractivity contribution in [3.8, 4) is 0 Å². The third-order valence-electron chi connectivity index (χ3n) is 2.53. The predicted molar refractivity (Wildman–Crippen MR) is 62.0 cm³/mol. The number of nitrogens with zero attached hydrogens (tertiary/aromatic N) is 2. The zero-order chi connectivity index (χ0) is 10.4. The Morgan fingerprint density at radius 1 is 1.36 bits per heavy atom. The van der Waals surface area contributed by atoms with Gasteiger partial charge in [-0.3, -0.25) is 10.5 Å². The first kappa shape index (κ1) is 11.4. The van der Waals surface area contributed by atoms with E-state index in [0.717, 1.165) is 5.84 Å². The van der Waals surface area contributed by atoms with Gasteiger partial charge in [0.25, 0.3) is 7.98 Å². The van der Waals surface area contributed by atoms with Crippen LogP contribution in [0.3, 0.4) is 0 Å². The standard InChI is InChI=1S/C9H21BN4/c1-3-5-7-8(6-4-2)9-11-13-14(10)12-9/h8,13H,3-7,10H2,1-2H3,(H,11,12). The first-order valence-electron chi connectivity index (χ1n) is 5.61. The van der Waals surface area contributed by atoms with E-state index in [4.69, 9.17) is 0 Å². The van der Waals surface area contributed by atoms with E-state index >= 15 is 0 Å². The summed E-state index contributed by atoms with van der Waals surface area (Å²) in [4.78, 5) is 0. The van der Waals surface area contributed by atoms with Gasteiger partial charge in [-0.15, -0.1) is 5.53 Å². The van der Waals surface area contributed by atoms with E-state index in [-0.39, 0.29) is 0 Å². The van der Waals surface area contributed by atoms with E-state index < -0.39 is 0 Å². The molecule has 4 nitrogen and oxygen atoms in total. The van der Waals surface area contributed by atoms with Crippen molar-refractivity contribution in [3.05, 3.63) is 0 Å². The number of hydrazine groups is 2. The minimum absolute atomic E-state index is 0.595. The molecule has 0 saturated carbocycles. The van der Waals surface area contributed by atoms with E-state index in [0.29, 0.717) is 5.92 Å². The lowest BCUT2D eigenvalue weighted by atomic mass is 9.96. The Bertz CT molecular complexity index is 195. The van der Waals surface area contributed by atoms with Gasteiger partial charge in [-0.2, -0.15) is 5.10 Å². The molecule has 0 aromatic heterocycles. The van der Waals surface area contributed by atoms with Gasteiger partial charge in [0.2, 0.25) is 0 Å². The van der Waals surface area contributed by atoms with Crippen molar-refractivity contribution in [2.75, 3.05) is 0 Å². The summed E-state index contributed by atoms with van der Waals surface area (Å²) in [7, 11) is 1.91. The molecule has 0 saturated heterocycles. The van der Waals surface area contributed by atoms with Crippen molar-refractivity contribution in [2.45, 2.75) is 46.0 Å². The predicted octanol–water partition coefficient (Wildman–Crippen LogP) is 0.779. The average molecular weight is 196 g/mol. The highest BCUT2D eigenvalue weighted by atomic mass is 15.8. The zero-order valence-electron chi connectivity index (χ0n) is 9.51. The van der Waals surface area contributed by atoms with Gasteiger partial charge in [-0.25, -0.2) is 0 Å². The molecule has 0 amide bonds. The van der Waals surface area contributed by atoms with E-state index in [9.17, 15) is 0 Å². The first-order chi connectivity index (χ1) is 6.77. The molecule has 1 aliphatic rings. The van der Waals surface area contributed by atoms with Crippen molar-refractivity contribution in [3.63, 3.8) is 0 Å². The maximum absolute atomic E-state index is 4.39. The van der Waals surface area contributed by atoms with Crippen LogP contribution in [0.5, 0.6) is 0 Å². The summed E-state index contributed by atoms with van der Waals surface area (Å²) in [5, 5.41) is 6.11. The molecular formula is C9H21BN4. The molecule has 0 aromatic rings. The highest BCUT2D eigenvalue weighted by molar-refractivity contribution is 6.05. The number of rotatable bonds is 6. The third kappa shape index (κ3) is 3.22. The fraction of sp³-hybridized carbons (Fsp3) is 0.889. The third-order valence-corrected chi connectivity index (χ3v) is 2.53. The van der Waals surface area contributed by atoms with E-state index in [1.54, 1.807) is 5.03 Å². The minimum Gasteiger partial charge on any atom is -0.289 e. The molecule has 1 atom stereocenters. The Morgan fingerprint density at radius 3 is 2.64 bits per heavy atom. The molecule has 5 heteroatoms. The lowest BCUT2D eigenvalue weighted by Gasteiger charge is -2.14. The molecule has 80 valence electrons. The maximum atomic E-state index is 4.39. The first-order valence-corrected chi connectivity index (χ1v) is 5.61. The number of hydrazone groups is 1. The Morgan fingerprint density at radius 2 is 2.14 bits per heavy atom. The molecule has 14 heavy (non-hydrogen) atoms. The average Bonchev–Trinajstić information content (AvgIpc) is 2.59. The van der Waals surface area contributed by atoms with Gasteiger partial charge >= 0.3 is 0 Å². The molecule has 0 spiro atoms. The lowest BCUT2D eigenvalue weighted by molar-refractivity contribution is 0.367. The number of amidine groups is 1. The summed E-state index contributed by atoms with van der Waals surface area (Å²) < 4.78 is 0. The summed E-state index contributed by atoms with van der Waals surface area (Å²) in [5.74, 6) is 1.69. The summed E-state index contributed by atoms with van der Waals surface area (Å²) in [6.45, 7) is 4.46. The number of hydrogen-bond donors (Lipinski definition) is 2. The molecule has 1 unspecified atom stereocenters. The van der Waals surface area contributed by atoms with Crippen LogP contribution in [-0.4, -0.2) is 18.8 Å². The van der Waals surface area contributed by atoms with Crippen molar-refractivity contribution < 1.29 is 0 Å². The Labute approximate surface area is 87.5 Å². The van der Waals surface area contributed by atoms with Gasteiger partial charge < -0.3 is 0 Å². The van der Waals surface area contributed by atoms with E-state index in [1.807, 2.05) is 7.98 Å². The number of unbranched alkanes of at least 4 members (excludes halogenated alkanes) is 1. The summed E-state index contributed by atoms with van der Waals surface area (Å²) in [5.41, 5.74) is 6.09. The maximum Gasteiger partial charge on any atom is 0.268 e. The normalized spacial score (nSPS) is 17.9. The second-order valence-electron chi connectivity index (χ2n) is 3.87. The molecule has 0 bridgehead atoms. The Balaban J connectivity index is 2.44. The molecular weight excluding hydrogens is 175 g/mol. The van der Waals surface area contributed by atoms with Crippen LogP contribution in [0.4, 0.5) is 0 Å². The fourth-order valence-electron chi connectivity index (χ4n) is 1.75. The summed E-state index contributed by atoms with van der Waals surface area (Å²) in [6, 6.07) is 0. The SMILES string of the molecule is BN1N=C(C(CCC)CCCC)NN1. The number of hydrogen-bond acceptors (Lipinski definition) is 4. The molecule has 1 rings (SSSR count). The van der Waals surface area contributed by atoms with Gasteiger partial charge in [-0.05, 0) is 12.8 Å². The van der Waals surface area contributed by atoms with Crippen LogP contribution in [0.15, 0.2) is 5.10 Å². The second kappa shape index (κ2) is 5.91. The van der Waals surface area contributed by atoms with E-state index in [1.165, 1.54) is 32.1 Å². The Hall–Kier alpha value is -0.705. The molecule has 0 aliphatic carbocycles. The van der Waals surface area contributed by atoms with Crippen LogP contribution in [0.2, 0.25) is 0 Å². The molecule has 2 N–H and O–H groups in total. The molecule has 0 aromatic carbocycles. The summed E-state index contributed by atoms with van der Waals surface area (Å²) >= 11 is 0. The van der Waals surface area contributed by atoms with Crippen molar-refractivity contribution in [1.29, 1.82) is 0 Å². The quantitative estimate of drug-likeness (QED) is 0.616. The smallest absolute Gasteiger partial charge is 0.268 e. The fourth-order valence-corrected chi connectivity index (χ4v) is 1.75. The Kier molecular flexibility index (Phi) is 4.80. The minimum atomic E-state index is 0.595. The highest BCUT2D eigenvalue weighted by Crippen LogP contribution is 2.16. The lowest BCUT2D eigenvalue weighted by Crippen LogP contribution is -2.39. The highest BCUT2D eigenvalue weighted by Gasteiger charge is 2.19. The van der Waals surface area contributed by atoms with Gasteiger partial charge in [0.15, 0.2) is 0 Å². The van der Waals surface area contributed by atoms with Crippen LogP contribution in [0, 0.1) is 5.92 Å². The van der Waals surface area contributed by atoms with Crippen molar-refractivity contribution in [1.82, 2.24) is 16.0 Å². The van der Waals surface area contributed by atoms with Gasteiger partial charge in [0, 0.05) is 5.92 Å². The summed E-state index contributed by atoms with van der Waals surface area (Å²) in [6.07, 6.45) is 6.23.